The summed E-state index contributed by atoms with van der Waals surface area (Å²) < 4.78 is 13.9. The number of halogens is 2. The quantitative estimate of drug-likeness (QED) is 0.727. The van der Waals surface area contributed by atoms with E-state index in [1.54, 1.807) is 12.1 Å². The first-order valence-corrected chi connectivity index (χ1v) is 7.30. The highest BCUT2D eigenvalue weighted by Gasteiger charge is 2.10. The summed E-state index contributed by atoms with van der Waals surface area (Å²) >= 11 is 7.19. The average Bonchev–Trinajstić information content (AvgIpc) is 2.90. The second-order valence-electron chi connectivity index (χ2n) is 4.43. The number of benzene rings is 2. The summed E-state index contributed by atoms with van der Waals surface area (Å²) in [6, 6.07) is 9.64. The number of hydrogen-bond donors (Lipinski definition) is 2. The van der Waals surface area contributed by atoms with E-state index in [0.717, 1.165) is 17.3 Å². The molecule has 0 fully saturated rings. The van der Waals surface area contributed by atoms with Gasteiger partial charge >= 0.3 is 0 Å². The zero-order chi connectivity index (χ0) is 15.0. The van der Waals surface area contributed by atoms with Crippen LogP contribution < -0.4 is 5.73 Å². The standard InChI is InChI=1S/C15H10ClFN2OS/c16-11-5-10(12(17)6-14(11)20)8-1-3-9(4-2-8)13-7-21-15(18)19-13/h1-7,20H,(H2,18,19). The van der Waals surface area contributed by atoms with Crippen LogP contribution in [-0.2, 0) is 0 Å². The fourth-order valence-corrected chi connectivity index (χ4v) is 2.73. The lowest BCUT2D eigenvalue weighted by Gasteiger charge is -2.06. The maximum absolute atomic E-state index is 13.9. The molecule has 0 aliphatic rings. The van der Waals surface area contributed by atoms with E-state index in [-0.39, 0.29) is 10.8 Å². The first-order valence-electron chi connectivity index (χ1n) is 6.04. The summed E-state index contributed by atoms with van der Waals surface area (Å²) in [5.74, 6) is -0.796. The molecule has 0 saturated carbocycles. The van der Waals surface area contributed by atoms with E-state index in [1.165, 1.54) is 17.4 Å². The first-order chi connectivity index (χ1) is 10.0. The van der Waals surface area contributed by atoms with Gasteiger partial charge in [-0.1, -0.05) is 35.9 Å². The second kappa shape index (κ2) is 5.35. The number of phenols is 1. The molecule has 0 aliphatic heterocycles. The van der Waals surface area contributed by atoms with Crippen LogP contribution in [-0.4, -0.2) is 10.1 Å². The van der Waals surface area contributed by atoms with Gasteiger partial charge in [-0.2, -0.15) is 0 Å². The number of phenolic OH excluding ortho intramolecular Hbond substituents is 1. The maximum Gasteiger partial charge on any atom is 0.180 e. The van der Waals surface area contributed by atoms with E-state index < -0.39 is 5.82 Å². The van der Waals surface area contributed by atoms with Gasteiger partial charge in [0, 0.05) is 22.6 Å². The first kappa shape index (κ1) is 13.9. The van der Waals surface area contributed by atoms with Crippen LogP contribution in [0.2, 0.25) is 5.02 Å². The molecule has 0 saturated heterocycles. The van der Waals surface area contributed by atoms with Gasteiger partial charge in [-0.05, 0) is 11.6 Å². The summed E-state index contributed by atoms with van der Waals surface area (Å²) in [5, 5.41) is 11.9. The number of anilines is 1. The summed E-state index contributed by atoms with van der Waals surface area (Å²) in [6.07, 6.45) is 0. The van der Waals surface area contributed by atoms with Crippen LogP contribution in [0, 0.1) is 5.82 Å². The minimum absolute atomic E-state index is 0.114. The Kier molecular flexibility index (Phi) is 3.53. The molecule has 1 aromatic heterocycles. The molecule has 6 heteroatoms. The van der Waals surface area contributed by atoms with Gasteiger partial charge in [0.25, 0.3) is 0 Å². The van der Waals surface area contributed by atoms with Gasteiger partial charge in [0.1, 0.15) is 11.6 Å². The molecule has 3 N–H and O–H groups in total. The van der Waals surface area contributed by atoms with Crippen LogP contribution >= 0.6 is 22.9 Å². The summed E-state index contributed by atoms with van der Waals surface area (Å²) in [5.41, 5.74) is 8.30. The van der Waals surface area contributed by atoms with Crippen LogP contribution in [0.3, 0.4) is 0 Å². The van der Waals surface area contributed by atoms with E-state index in [0.29, 0.717) is 16.3 Å². The van der Waals surface area contributed by atoms with E-state index >= 15 is 0 Å². The van der Waals surface area contributed by atoms with Crippen molar-refractivity contribution >= 4 is 28.1 Å². The predicted molar refractivity (Wildman–Crippen MR) is 84.0 cm³/mol. The van der Waals surface area contributed by atoms with Crippen LogP contribution in [0.4, 0.5) is 9.52 Å². The number of hydrogen-bond acceptors (Lipinski definition) is 4. The molecule has 106 valence electrons. The van der Waals surface area contributed by atoms with Crippen LogP contribution in [0.15, 0.2) is 41.8 Å². The Balaban J connectivity index is 2.00. The predicted octanol–water partition coefficient (Wildman–Crippen LogP) is 4.56. The molecule has 3 rings (SSSR count). The molecule has 0 spiro atoms. The Morgan fingerprint density at radius 1 is 1.14 bits per heavy atom. The Morgan fingerprint density at radius 3 is 2.43 bits per heavy atom. The summed E-state index contributed by atoms with van der Waals surface area (Å²) in [6.45, 7) is 0. The minimum atomic E-state index is -0.525. The summed E-state index contributed by atoms with van der Waals surface area (Å²) in [7, 11) is 0. The van der Waals surface area contributed by atoms with E-state index in [4.69, 9.17) is 17.3 Å². The van der Waals surface area contributed by atoms with E-state index in [9.17, 15) is 9.50 Å². The third-order valence-electron chi connectivity index (χ3n) is 3.05. The number of rotatable bonds is 2. The van der Waals surface area contributed by atoms with Crippen molar-refractivity contribution in [1.29, 1.82) is 0 Å². The maximum atomic E-state index is 13.9. The Bertz CT molecular complexity index is 802. The summed E-state index contributed by atoms with van der Waals surface area (Å²) in [4.78, 5) is 4.19. The van der Waals surface area contributed by atoms with Crippen LogP contribution in [0.1, 0.15) is 0 Å². The van der Waals surface area contributed by atoms with Gasteiger partial charge < -0.3 is 10.8 Å². The molecule has 0 amide bonds. The number of aromatic hydroxyl groups is 1. The monoisotopic (exact) mass is 320 g/mol. The van der Waals surface area contributed by atoms with Crippen molar-refractivity contribution < 1.29 is 9.50 Å². The molecule has 0 unspecified atom stereocenters. The Hall–Kier alpha value is -2.11. The Morgan fingerprint density at radius 2 is 1.81 bits per heavy atom. The number of aromatic nitrogens is 1. The van der Waals surface area contributed by atoms with Crippen molar-refractivity contribution in [2.45, 2.75) is 0 Å². The molecule has 1 heterocycles. The zero-order valence-electron chi connectivity index (χ0n) is 10.7. The molecule has 0 aliphatic carbocycles. The Labute approximate surface area is 129 Å². The number of nitrogens with zero attached hydrogens (tertiary/aromatic N) is 1. The molecule has 0 radical (unpaired) electrons. The van der Waals surface area contributed by atoms with E-state index in [1.807, 2.05) is 17.5 Å². The molecule has 0 atom stereocenters. The molecule has 3 nitrogen and oxygen atoms in total. The van der Waals surface area contributed by atoms with Crippen molar-refractivity contribution in [1.82, 2.24) is 4.98 Å². The second-order valence-corrected chi connectivity index (χ2v) is 5.73. The largest absolute Gasteiger partial charge is 0.506 e. The van der Waals surface area contributed by atoms with Crippen molar-refractivity contribution in [2.24, 2.45) is 0 Å². The zero-order valence-corrected chi connectivity index (χ0v) is 12.2. The highest BCUT2D eigenvalue weighted by atomic mass is 35.5. The molecular formula is C15H10ClFN2OS. The van der Waals surface area contributed by atoms with Gasteiger partial charge in [-0.3, -0.25) is 0 Å². The molecular weight excluding hydrogens is 311 g/mol. The average molecular weight is 321 g/mol. The normalized spacial score (nSPS) is 10.8. The van der Waals surface area contributed by atoms with Crippen molar-refractivity contribution in [3.05, 3.63) is 52.6 Å². The van der Waals surface area contributed by atoms with Gasteiger partial charge in [0.15, 0.2) is 5.13 Å². The third kappa shape index (κ3) is 2.70. The van der Waals surface area contributed by atoms with Gasteiger partial charge in [-0.15, -0.1) is 11.3 Å². The highest BCUT2D eigenvalue weighted by Crippen LogP contribution is 2.33. The minimum Gasteiger partial charge on any atom is -0.506 e. The van der Waals surface area contributed by atoms with Crippen molar-refractivity contribution in [2.75, 3.05) is 5.73 Å². The molecule has 2 aromatic carbocycles. The van der Waals surface area contributed by atoms with Gasteiger partial charge in [0.05, 0.1) is 10.7 Å². The lowest BCUT2D eigenvalue weighted by Crippen LogP contribution is -1.86. The van der Waals surface area contributed by atoms with Crippen molar-refractivity contribution in [3.63, 3.8) is 0 Å². The molecule has 0 bridgehead atoms. The van der Waals surface area contributed by atoms with Crippen molar-refractivity contribution in [3.8, 4) is 28.1 Å². The lowest BCUT2D eigenvalue weighted by atomic mass is 10.0. The van der Waals surface area contributed by atoms with Crippen LogP contribution in [0.25, 0.3) is 22.4 Å². The highest BCUT2D eigenvalue weighted by molar-refractivity contribution is 7.13. The van der Waals surface area contributed by atoms with E-state index in [2.05, 4.69) is 4.98 Å². The smallest absolute Gasteiger partial charge is 0.180 e. The topological polar surface area (TPSA) is 59.1 Å². The fraction of sp³-hybridized carbons (Fsp3) is 0. The molecule has 21 heavy (non-hydrogen) atoms. The number of thiazole rings is 1. The SMILES string of the molecule is Nc1nc(-c2ccc(-c3cc(Cl)c(O)cc3F)cc2)cs1. The third-order valence-corrected chi connectivity index (χ3v) is 4.03. The van der Waals surface area contributed by atoms with Gasteiger partial charge in [-0.25, -0.2) is 9.37 Å². The van der Waals surface area contributed by atoms with Crippen LogP contribution in [0.5, 0.6) is 5.75 Å². The molecule has 3 aromatic rings. The number of nitrogen functional groups attached to an aromatic ring is 1. The van der Waals surface area contributed by atoms with Gasteiger partial charge in [0.2, 0.25) is 0 Å². The number of nitrogens with two attached hydrogens (primary N) is 1. The lowest BCUT2D eigenvalue weighted by molar-refractivity contribution is 0.469. The fourth-order valence-electron chi connectivity index (χ4n) is 2.00.